The standard InChI is InChI=1S/C19H26N4O2/c1-3-17-16-11-13(12-20-18(16)25-21-17)19(24)23(14-5-6-14)15-7-9-22(4-2)10-8-15/h11-12,14-15H,3-10H2,1-2H3. The molecule has 0 unspecified atom stereocenters. The molecule has 25 heavy (non-hydrogen) atoms. The minimum Gasteiger partial charge on any atom is -0.336 e. The van der Waals surface area contributed by atoms with Crippen molar-refractivity contribution in [2.45, 2.75) is 58.0 Å². The number of aromatic nitrogens is 2. The van der Waals surface area contributed by atoms with Gasteiger partial charge in [-0.05, 0) is 44.7 Å². The van der Waals surface area contributed by atoms with Crippen molar-refractivity contribution < 1.29 is 9.32 Å². The Morgan fingerprint density at radius 2 is 1.96 bits per heavy atom. The summed E-state index contributed by atoms with van der Waals surface area (Å²) in [5.41, 5.74) is 2.05. The van der Waals surface area contributed by atoms with Crippen LogP contribution in [0.3, 0.4) is 0 Å². The number of aryl methyl sites for hydroxylation is 1. The zero-order chi connectivity index (χ0) is 17.4. The summed E-state index contributed by atoms with van der Waals surface area (Å²) < 4.78 is 5.24. The molecule has 0 bridgehead atoms. The third-order valence-corrected chi connectivity index (χ3v) is 5.56. The minimum atomic E-state index is 0.120. The van der Waals surface area contributed by atoms with E-state index in [0.717, 1.165) is 62.8 Å². The van der Waals surface area contributed by atoms with Gasteiger partial charge in [0, 0.05) is 31.4 Å². The molecule has 2 aromatic heterocycles. The lowest BCUT2D eigenvalue weighted by Gasteiger charge is -2.38. The van der Waals surface area contributed by atoms with Gasteiger partial charge in [0.2, 0.25) is 0 Å². The van der Waals surface area contributed by atoms with E-state index in [2.05, 4.69) is 26.9 Å². The van der Waals surface area contributed by atoms with E-state index in [1.807, 2.05) is 13.0 Å². The Labute approximate surface area is 148 Å². The van der Waals surface area contributed by atoms with E-state index in [4.69, 9.17) is 4.52 Å². The number of likely N-dealkylation sites (tertiary alicyclic amines) is 1. The van der Waals surface area contributed by atoms with E-state index in [-0.39, 0.29) is 5.91 Å². The first kappa shape index (κ1) is 16.5. The summed E-state index contributed by atoms with van der Waals surface area (Å²) in [4.78, 5) is 22.2. The Bertz CT molecular complexity index is 760. The third kappa shape index (κ3) is 3.15. The second-order valence-corrected chi connectivity index (χ2v) is 7.17. The molecule has 3 heterocycles. The van der Waals surface area contributed by atoms with Gasteiger partial charge < -0.3 is 14.3 Å². The third-order valence-electron chi connectivity index (χ3n) is 5.56. The van der Waals surface area contributed by atoms with Crippen LogP contribution in [-0.4, -0.2) is 57.6 Å². The summed E-state index contributed by atoms with van der Waals surface area (Å²) in [5.74, 6) is 0.120. The molecule has 4 rings (SSSR count). The average molecular weight is 342 g/mol. The van der Waals surface area contributed by atoms with Gasteiger partial charge >= 0.3 is 0 Å². The van der Waals surface area contributed by atoms with E-state index in [1.54, 1.807) is 6.20 Å². The molecule has 2 aromatic rings. The number of hydrogen-bond acceptors (Lipinski definition) is 5. The first-order chi connectivity index (χ1) is 12.2. The molecule has 1 amide bonds. The molecule has 1 saturated heterocycles. The Kier molecular flexibility index (Phi) is 4.46. The van der Waals surface area contributed by atoms with Crippen LogP contribution in [0.25, 0.3) is 11.1 Å². The van der Waals surface area contributed by atoms with Gasteiger partial charge in [0.15, 0.2) is 0 Å². The normalized spacial score (nSPS) is 19.4. The molecular weight excluding hydrogens is 316 g/mol. The van der Waals surface area contributed by atoms with Gasteiger partial charge in [0.1, 0.15) is 0 Å². The van der Waals surface area contributed by atoms with Crippen LogP contribution >= 0.6 is 0 Å². The van der Waals surface area contributed by atoms with E-state index in [1.165, 1.54) is 0 Å². The fourth-order valence-corrected chi connectivity index (χ4v) is 3.90. The second kappa shape index (κ2) is 6.75. The summed E-state index contributed by atoms with van der Waals surface area (Å²) in [5, 5.41) is 4.91. The summed E-state index contributed by atoms with van der Waals surface area (Å²) >= 11 is 0. The summed E-state index contributed by atoms with van der Waals surface area (Å²) in [6.07, 6.45) is 6.81. The highest BCUT2D eigenvalue weighted by atomic mass is 16.5. The molecule has 0 spiro atoms. The van der Waals surface area contributed by atoms with Crippen LogP contribution in [0.15, 0.2) is 16.8 Å². The van der Waals surface area contributed by atoms with Gasteiger partial charge in [-0.2, -0.15) is 0 Å². The lowest BCUT2D eigenvalue weighted by atomic mass is 10.0. The molecule has 134 valence electrons. The lowest BCUT2D eigenvalue weighted by Crippen LogP contribution is -2.48. The molecule has 6 heteroatoms. The highest BCUT2D eigenvalue weighted by Crippen LogP contribution is 2.33. The molecular formula is C19H26N4O2. The summed E-state index contributed by atoms with van der Waals surface area (Å²) in [6.45, 7) is 7.50. The number of nitrogens with zero attached hydrogens (tertiary/aromatic N) is 4. The molecule has 0 aromatic carbocycles. The van der Waals surface area contributed by atoms with Crippen molar-refractivity contribution in [3.8, 4) is 0 Å². The fourth-order valence-electron chi connectivity index (χ4n) is 3.90. The predicted molar refractivity (Wildman–Crippen MR) is 95.5 cm³/mol. The van der Waals surface area contributed by atoms with E-state index in [9.17, 15) is 4.79 Å². The number of rotatable bonds is 5. The number of piperidine rings is 1. The van der Waals surface area contributed by atoms with Gasteiger partial charge in [-0.25, -0.2) is 4.98 Å². The zero-order valence-electron chi connectivity index (χ0n) is 15.1. The van der Waals surface area contributed by atoms with Crippen LogP contribution in [0.4, 0.5) is 0 Å². The van der Waals surface area contributed by atoms with Crippen LogP contribution in [-0.2, 0) is 6.42 Å². The minimum absolute atomic E-state index is 0.120. The maximum atomic E-state index is 13.3. The van der Waals surface area contributed by atoms with Crippen LogP contribution in [0, 0.1) is 0 Å². The van der Waals surface area contributed by atoms with Crippen LogP contribution in [0.2, 0.25) is 0 Å². The van der Waals surface area contributed by atoms with Gasteiger partial charge in [-0.1, -0.05) is 19.0 Å². The molecule has 2 aliphatic rings. The summed E-state index contributed by atoms with van der Waals surface area (Å²) in [7, 11) is 0. The van der Waals surface area contributed by atoms with Crippen molar-refractivity contribution in [2.75, 3.05) is 19.6 Å². The first-order valence-electron chi connectivity index (χ1n) is 9.50. The van der Waals surface area contributed by atoms with Gasteiger partial charge in [0.05, 0.1) is 16.6 Å². The Balaban J connectivity index is 1.59. The predicted octanol–water partition coefficient (Wildman–Crippen LogP) is 2.87. The van der Waals surface area contributed by atoms with E-state index in [0.29, 0.717) is 23.4 Å². The monoisotopic (exact) mass is 342 g/mol. The largest absolute Gasteiger partial charge is 0.336 e. The van der Waals surface area contributed by atoms with Crippen LogP contribution in [0.5, 0.6) is 0 Å². The molecule has 6 nitrogen and oxygen atoms in total. The number of carbonyl (C=O) groups excluding carboxylic acids is 1. The number of amides is 1. The average Bonchev–Trinajstić information content (AvgIpc) is 3.40. The highest BCUT2D eigenvalue weighted by Gasteiger charge is 2.39. The van der Waals surface area contributed by atoms with Crippen molar-refractivity contribution in [3.63, 3.8) is 0 Å². The number of hydrogen-bond donors (Lipinski definition) is 0. The molecule has 1 saturated carbocycles. The van der Waals surface area contributed by atoms with Crippen molar-refractivity contribution in [1.29, 1.82) is 0 Å². The molecule has 0 atom stereocenters. The van der Waals surface area contributed by atoms with Crippen molar-refractivity contribution in [1.82, 2.24) is 19.9 Å². The second-order valence-electron chi connectivity index (χ2n) is 7.17. The Morgan fingerprint density at radius 3 is 2.60 bits per heavy atom. The highest BCUT2D eigenvalue weighted by molar-refractivity contribution is 5.97. The van der Waals surface area contributed by atoms with Gasteiger partial charge in [-0.3, -0.25) is 4.79 Å². The topological polar surface area (TPSA) is 62.5 Å². The molecule has 1 aliphatic carbocycles. The van der Waals surface area contributed by atoms with Gasteiger partial charge in [-0.15, -0.1) is 0 Å². The maximum absolute atomic E-state index is 13.3. The molecule has 0 N–H and O–H groups in total. The molecule has 0 radical (unpaired) electrons. The van der Waals surface area contributed by atoms with Crippen molar-refractivity contribution >= 4 is 17.0 Å². The Morgan fingerprint density at radius 1 is 1.24 bits per heavy atom. The van der Waals surface area contributed by atoms with Crippen LogP contribution < -0.4 is 0 Å². The number of carbonyl (C=O) groups is 1. The lowest BCUT2D eigenvalue weighted by molar-refractivity contribution is 0.0554. The van der Waals surface area contributed by atoms with E-state index >= 15 is 0 Å². The first-order valence-corrected chi connectivity index (χ1v) is 9.50. The van der Waals surface area contributed by atoms with Gasteiger partial charge in [0.25, 0.3) is 11.6 Å². The Hall–Kier alpha value is -1.95. The van der Waals surface area contributed by atoms with Crippen LogP contribution in [0.1, 0.15) is 55.6 Å². The smallest absolute Gasteiger partial charge is 0.257 e. The zero-order valence-corrected chi connectivity index (χ0v) is 15.1. The van der Waals surface area contributed by atoms with Crippen molar-refractivity contribution in [2.24, 2.45) is 0 Å². The summed E-state index contributed by atoms with van der Waals surface area (Å²) in [6, 6.07) is 2.68. The number of fused-ring (bicyclic) bond motifs is 1. The van der Waals surface area contributed by atoms with Crippen molar-refractivity contribution in [3.05, 3.63) is 23.5 Å². The SMILES string of the molecule is CCc1noc2ncc(C(=O)N(C3CC3)C3CCN(CC)CC3)cc12. The number of pyridine rings is 1. The molecule has 1 aliphatic heterocycles. The quantitative estimate of drug-likeness (QED) is 0.836. The maximum Gasteiger partial charge on any atom is 0.257 e. The molecule has 2 fully saturated rings. The fraction of sp³-hybridized carbons (Fsp3) is 0.632. The van der Waals surface area contributed by atoms with E-state index < -0.39 is 0 Å².